The lowest BCUT2D eigenvalue weighted by molar-refractivity contribution is -0.118. The number of amides is 1. The zero-order chi connectivity index (χ0) is 11.2. The van der Waals surface area contributed by atoms with E-state index < -0.39 is 0 Å². The first-order chi connectivity index (χ1) is 6.37. The number of hydrogen-bond donors (Lipinski definition) is 1. The number of nitrogens with one attached hydrogen (secondary N) is 1. The Morgan fingerprint density at radius 3 is 2.43 bits per heavy atom. The molecule has 0 atom stereocenters. The average Bonchev–Trinajstić information content (AvgIpc) is 2.02. The van der Waals surface area contributed by atoms with Crippen LogP contribution in [0.25, 0.3) is 0 Å². The predicted molar refractivity (Wildman–Crippen MR) is 60.2 cm³/mol. The van der Waals surface area contributed by atoms with Crippen LogP contribution >= 0.6 is 0 Å². The van der Waals surface area contributed by atoms with Crippen LogP contribution in [0, 0.1) is 0 Å². The molecular weight excluding hydrogens is 176 g/mol. The van der Waals surface area contributed by atoms with Gasteiger partial charge >= 0.3 is 0 Å². The van der Waals surface area contributed by atoms with E-state index in [0.29, 0.717) is 0 Å². The van der Waals surface area contributed by atoms with Crippen LogP contribution in [0.5, 0.6) is 0 Å². The van der Waals surface area contributed by atoms with Crippen molar-refractivity contribution < 1.29 is 4.79 Å². The molecule has 0 spiro atoms. The highest BCUT2D eigenvalue weighted by atomic mass is 16.1. The van der Waals surface area contributed by atoms with Crippen molar-refractivity contribution in [1.29, 1.82) is 0 Å². The van der Waals surface area contributed by atoms with Gasteiger partial charge in [0.15, 0.2) is 0 Å². The third kappa shape index (κ3) is 6.66. The smallest absolute Gasteiger partial charge is 0.244 e. The summed E-state index contributed by atoms with van der Waals surface area (Å²) < 4.78 is 0. The van der Waals surface area contributed by atoms with Crippen LogP contribution < -0.4 is 5.32 Å². The molecule has 0 unspecified atom stereocenters. The molecule has 3 nitrogen and oxygen atoms in total. The minimum atomic E-state index is -0.112. The summed E-state index contributed by atoms with van der Waals surface area (Å²) in [6.45, 7) is 6.89. The van der Waals surface area contributed by atoms with Crippen molar-refractivity contribution in [3.8, 4) is 0 Å². The fourth-order valence-electron chi connectivity index (χ4n) is 0.834. The fraction of sp³-hybridized carbons (Fsp3) is 0.727. The Labute approximate surface area is 87.2 Å². The Kier molecular flexibility index (Phi) is 5.46. The van der Waals surface area contributed by atoms with E-state index >= 15 is 0 Å². The van der Waals surface area contributed by atoms with Gasteiger partial charge in [-0.15, -0.1) is 0 Å². The molecule has 3 heteroatoms. The Hall–Kier alpha value is -0.830. The predicted octanol–water partition coefficient (Wildman–Crippen LogP) is 1.41. The lowest BCUT2D eigenvalue weighted by Crippen LogP contribution is -2.41. The Morgan fingerprint density at radius 1 is 1.43 bits per heavy atom. The average molecular weight is 198 g/mol. The molecule has 82 valence electrons. The van der Waals surface area contributed by atoms with E-state index in [1.54, 1.807) is 6.08 Å². The Balaban J connectivity index is 3.92. The molecule has 1 amide bonds. The van der Waals surface area contributed by atoms with Gasteiger partial charge in [0.25, 0.3) is 0 Å². The minimum Gasteiger partial charge on any atom is -0.348 e. The standard InChI is InChI=1S/C11H22N2O/c1-6-11(2,3)12-10(14)8-7-9-13(4)5/h7-8H,6,9H2,1-5H3,(H,12,14)/b8-7+. The lowest BCUT2D eigenvalue weighted by atomic mass is 10.0. The van der Waals surface area contributed by atoms with Crippen LogP contribution in [0.15, 0.2) is 12.2 Å². The first-order valence-corrected chi connectivity index (χ1v) is 5.01. The summed E-state index contributed by atoms with van der Waals surface area (Å²) in [5.41, 5.74) is -0.112. The fourth-order valence-corrected chi connectivity index (χ4v) is 0.834. The molecule has 1 N–H and O–H groups in total. The molecule has 0 fully saturated rings. The molecule has 0 aromatic rings. The second-order valence-corrected chi connectivity index (χ2v) is 4.39. The molecule has 0 heterocycles. The normalized spacial score (nSPS) is 12.4. The summed E-state index contributed by atoms with van der Waals surface area (Å²) in [6.07, 6.45) is 4.39. The zero-order valence-electron chi connectivity index (χ0n) is 9.92. The molecule has 0 bridgehead atoms. The number of carbonyl (C=O) groups excluding carboxylic acids is 1. The summed E-state index contributed by atoms with van der Waals surface area (Å²) in [5, 5.41) is 2.94. The maximum Gasteiger partial charge on any atom is 0.244 e. The highest BCUT2D eigenvalue weighted by molar-refractivity contribution is 5.88. The van der Waals surface area contributed by atoms with E-state index in [0.717, 1.165) is 13.0 Å². The number of likely N-dealkylation sites (N-methyl/N-ethyl adjacent to an activating group) is 1. The quantitative estimate of drug-likeness (QED) is 0.677. The van der Waals surface area contributed by atoms with Crippen LogP contribution in [0.1, 0.15) is 27.2 Å². The molecule has 0 aromatic carbocycles. The van der Waals surface area contributed by atoms with Crippen LogP contribution in [-0.4, -0.2) is 37.0 Å². The van der Waals surface area contributed by atoms with Gasteiger partial charge < -0.3 is 10.2 Å². The molecule has 0 aliphatic rings. The van der Waals surface area contributed by atoms with Crippen LogP contribution in [-0.2, 0) is 4.79 Å². The first kappa shape index (κ1) is 13.2. The van der Waals surface area contributed by atoms with Gasteiger partial charge in [0.1, 0.15) is 0 Å². The second-order valence-electron chi connectivity index (χ2n) is 4.39. The number of carbonyl (C=O) groups is 1. The van der Waals surface area contributed by atoms with Gasteiger partial charge in [-0.3, -0.25) is 4.79 Å². The van der Waals surface area contributed by atoms with E-state index in [1.807, 2.05) is 38.9 Å². The molecular formula is C11H22N2O. The van der Waals surface area contributed by atoms with Crippen molar-refractivity contribution in [2.24, 2.45) is 0 Å². The van der Waals surface area contributed by atoms with Gasteiger partial charge in [-0.25, -0.2) is 0 Å². The third-order valence-electron chi connectivity index (χ3n) is 2.09. The van der Waals surface area contributed by atoms with Gasteiger partial charge in [-0.1, -0.05) is 13.0 Å². The molecule has 0 aliphatic carbocycles. The molecule has 0 aliphatic heterocycles. The first-order valence-electron chi connectivity index (χ1n) is 5.01. The summed E-state index contributed by atoms with van der Waals surface area (Å²) >= 11 is 0. The summed E-state index contributed by atoms with van der Waals surface area (Å²) in [4.78, 5) is 13.4. The molecule has 14 heavy (non-hydrogen) atoms. The van der Waals surface area contributed by atoms with Crippen molar-refractivity contribution in [1.82, 2.24) is 10.2 Å². The van der Waals surface area contributed by atoms with Gasteiger partial charge in [-0.2, -0.15) is 0 Å². The largest absolute Gasteiger partial charge is 0.348 e. The third-order valence-corrected chi connectivity index (χ3v) is 2.09. The lowest BCUT2D eigenvalue weighted by Gasteiger charge is -2.23. The van der Waals surface area contributed by atoms with Crippen molar-refractivity contribution >= 4 is 5.91 Å². The van der Waals surface area contributed by atoms with Gasteiger partial charge in [0.2, 0.25) is 5.91 Å². The van der Waals surface area contributed by atoms with Crippen molar-refractivity contribution in [2.45, 2.75) is 32.7 Å². The van der Waals surface area contributed by atoms with Gasteiger partial charge in [-0.05, 0) is 34.4 Å². The van der Waals surface area contributed by atoms with Gasteiger partial charge in [0, 0.05) is 18.2 Å². The maximum absolute atomic E-state index is 11.4. The van der Waals surface area contributed by atoms with E-state index in [1.165, 1.54) is 0 Å². The summed E-state index contributed by atoms with van der Waals surface area (Å²) in [5.74, 6) is -0.0151. The van der Waals surface area contributed by atoms with Crippen molar-refractivity contribution in [3.05, 3.63) is 12.2 Å². The monoisotopic (exact) mass is 198 g/mol. The maximum atomic E-state index is 11.4. The molecule has 0 radical (unpaired) electrons. The molecule has 0 rings (SSSR count). The summed E-state index contributed by atoms with van der Waals surface area (Å²) in [6, 6.07) is 0. The molecule has 0 saturated carbocycles. The number of hydrogen-bond acceptors (Lipinski definition) is 2. The molecule has 0 saturated heterocycles. The Bertz CT molecular complexity index is 207. The van der Waals surface area contributed by atoms with Crippen LogP contribution in [0.3, 0.4) is 0 Å². The zero-order valence-corrected chi connectivity index (χ0v) is 9.92. The highest BCUT2D eigenvalue weighted by Gasteiger charge is 2.15. The highest BCUT2D eigenvalue weighted by Crippen LogP contribution is 2.06. The number of nitrogens with zero attached hydrogens (tertiary/aromatic N) is 1. The second kappa shape index (κ2) is 5.81. The van der Waals surface area contributed by atoms with E-state index in [9.17, 15) is 4.79 Å². The van der Waals surface area contributed by atoms with Crippen molar-refractivity contribution in [3.63, 3.8) is 0 Å². The van der Waals surface area contributed by atoms with Crippen LogP contribution in [0.4, 0.5) is 0 Å². The SMILES string of the molecule is CCC(C)(C)NC(=O)/C=C/CN(C)C. The van der Waals surface area contributed by atoms with E-state index in [4.69, 9.17) is 0 Å². The minimum absolute atomic E-state index is 0.0151. The van der Waals surface area contributed by atoms with E-state index in [-0.39, 0.29) is 11.4 Å². The summed E-state index contributed by atoms with van der Waals surface area (Å²) in [7, 11) is 3.94. The van der Waals surface area contributed by atoms with Crippen LogP contribution in [0.2, 0.25) is 0 Å². The molecule has 0 aromatic heterocycles. The number of rotatable bonds is 5. The Morgan fingerprint density at radius 2 is 2.00 bits per heavy atom. The van der Waals surface area contributed by atoms with Gasteiger partial charge in [0.05, 0.1) is 0 Å². The van der Waals surface area contributed by atoms with Crippen molar-refractivity contribution in [2.75, 3.05) is 20.6 Å². The topological polar surface area (TPSA) is 32.3 Å². The van der Waals surface area contributed by atoms with E-state index in [2.05, 4.69) is 12.2 Å².